The molecule has 3 nitrogen and oxygen atoms in total. The number of aryl methyl sites for hydroxylation is 1. The van der Waals surface area contributed by atoms with Gasteiger partial charge in [-0.2, -0.15) is 0 Å². The second-order valence-corrected chi connectivity index (χ2v) is 6.13. The van der Waals surface area contributed by atoms with Crippen LogP contribution in [0.4, 0.5) is 4.39 Å². The number of ether oxygens (including phenoxy) is 1. The van der Waals surface area contributed by atoms with Crippen molar-refractivity contribution < 1.29 is 14.2 Å². The fourth-order valence-electron chi connectivity index (χ4n) is 2.92. The van der Waals surface area contributed by atoms with E-state index < -0.39 is 6.10 Å². The number of aliphatic hydroxyl groups is 1. The Labute approximate surface area is 136 Å². The number of fused-ring (bicyclic) bond motifs is 1. The molecule has 1 unspecified atom stereocenters. The number of benzene rings is 2. The standard InChI is InChI=1S/C19H22FNO2/c1-14-6-7-18(10-19(14)20)23-13-17(22)12-21-9-8-15-4-2-3-5-16(15)11-21/h2-7,10,17,22H,8-9,11-13H2,1H3. The third-order valence-corrected chi connectivity index (χ3v) is 4.26. The number of rotatable bonds is 5. The normalized spacial score (nSPS) is 16.0. The van der Waals surface area contributed by atoms with Gasteiger partial charge in [0, 0.05) is 25.7 Å². The number of nitrogens with zero attached hydrogens (tertiary/aromatic N) is 1. The molecular weight excluding hydrogens is 293 g/mol. The molecular formula is C19H22FNO2. The van der Waals surface area contributed by atoms with Crippen molar-refractivity contribution in [3.05, 3.63) is 65.0 Å². The molecule has 122 valence electrons. The Morgan fingerprint density at radius 2 is 2.00 bits per heavy atom. The molecule has 3 rings (SSSR count). The van der Waals surface area contributed by atoms with Gasteiger partial charge >= 0.3 is 0 Å². The molecule has 2 aromatic rings. The Morgan fingerprint density at radius 1 is 1.22 bits per heavy atom. The molecule has 0 aromatic heterocycles. The lowest BCUT2D eigenvalue weighted by molar-refractivity contribution is 0.0636. The smallest absolute Gasteiger partial charge is 0.129 e. The molecule has 0 saturated carbocycles. The molecule has 1 N–H and O–H groups in total. The zero-order chi connectivity index (χ0) is 16.2. The van der Waals surface area contributed by atoms with E-state index in [1.807, 2.05) is 6.07 Å². The van der Waals surface area contributed by atoms with E-state index in [4.69, 9.17) is 4.74 Å². The van der Waals surface area contributed by atoms with Crippen molar-refractivity contribution in [2.45, 2.75) is 26.0 Å². The summed E-state index contributed by atoms with van der Waals surface area (Å²) in [5.41, 5.74) is 3.31. The van der Waals surface area contributed by atoms with Gasteiger partial charge < -0.3 is 9.84 Å². The minimum absolute atomic E-state index is 0.167. The first-order chi connectivity index (χ1) is 11.1. The van der Waals surface area contributed by atoms with E-state index >= 15 is 0 Å². The summed E-state index contributed by atoms with van der Waals surface area (Å²) in [5, 5.41) is 10.2. The highest BCUT2D eigenvalue weighted by atomic mass is 19.1. The Bertz CT molecular complexity index is 674. The molecule has 1 atom stereocenters. The van der Waals surface area contributed by atoms with Gasteiger partial charge in [-0.1, -0.05) is 30.3 Å². The van der Waals surface area contributed by atoms with Crippen LogP contribution in [0.25, 0.3) is 0 Å². The SMILES string of the molecule is Cc1ccc(OCC(O)CN2CCc3ccccc3C2)cc1F. The second kappa shape index (κ2) is 7.11. The van der Waals surface area contributed by atoms with Crippen molar-refractivity contribution in [2.24, 2.45) is 0 Å². The van der Waals surface area contributed by atoms with Crippen molar-refractivity contribution in [3.63, 3.8) is 0 Å². The molecule has 0 spiro atoms. The Kier molecular flexibility index (Phi) is 4.94. The summed E-state index contributed by atoms with van der Waals surface area (Å²) < 4.78 is 19.0. The van der Waals surface area contributed by atoms with Crippen LogP contribution in [0.5, 0.6) is 5.75 Å². The van der Waals surface area contributed by atoms with Crippen molar-refractivity contribution >= 4 is 0 Å². The Balaban J connectivity index is 1.50. The van der Waals surface area contributed by atoms with Crippen LogP contribution in [0.3, 0.4) is 0 Å². The van der Waals surface area contributed by atoms with Crippen molar-refractivity contribution in [3.8, 4) is 5.75 Å². The van der Waals surface area contributed by atoms with Gasteiger partial charge in [-0.15, -0.1) is 0 Å². The summed E-state index contributed by atoms with van der Waals surface area (Å²) in [6, 6.07) is 13.2. The van der Waals surface area contributed by atoms with Gasteiger partial charge in [-0.05, 0) is 36.1 Å². The largest absolute Gasteiger partial charge is 0.491 e. The number of hydrogen-bond acceptors (Lipinski definition) is 3. The summed E-state index contributed by atoms with van der Waals surface area (Å²) in [6.07, 6.45) is 0.414. The molecule has 0 aliphatic carbocycles. The molecule has 0 saturated heterocycles. The molecule has 0 amide bonds. The minimum atomic E-state index is -0.593. The van der Waals surface area contributed by atoms with Gasteiger partial charge in [-0.25, -0.2) is 4.39 Å². The quantitative estimate of drug-likeness (QED) is 0.921. The third-order valence-electron chi connectivity index (χ3n) is 4.26. The van der Waals surface area contributed by atoms with E-state index in [0.29, 0.717) is 17.9 Å². The topological polar surface area (TPSA) is 32.7 Å². The second-order valence-electron chi connectivity index (χ2n) is 6.13. The third kappa shape index (κ3) is 4.09. The average Bonchev–Trinajstić information content (AvgIpc) is 2.56. The molecule has 23 heavy (non-hydrogen) atoms. The summed E-state index contributed by atoms with van der Waals surface area (Å²) in [7, 11) is 0. The first kappa shape index (κ1) is 16.0. The molecule has 2 aromatic carbocycles. The number of hydrogen-bond donors (Lipinski definition) is 1. The van der Waals surface area contributed by atoms with Crippen LogP contribution in [-0.2, 0) is 13.0 Å². The molecule has 4 heteroatoms. The van der Waals surface area contributed by atoms with E-state index in [1.54, 1.807) is 19.1 Å². The van der Waals surface area contributed by atoms with Gasteiger partial charge in [0.15, 0.2) is 0 Å². The zero-order valence-electron chi connectivity index (χ0n) is 13.3. The molecule has 1 aliphatic heterocycles. The highest BCUT2D eigenvalue weighted by Crippen LogP contribution is 2.19. The summed E-state index contributed by atoms with van der Waals surface area (Å²) in [5.74, 6) is 0.167. The molecule has 0 fully saturated rings. The first-order valence-corrected chi connectivity index (χ1v) is 7.98. The van der Waals surface area contributed by atoms with Crippen LogP contribution < -0.4 is 4.74 Å². The predicted octanol–water partition coefficient (Wildman–Crippen LogP) is 2.93. The van der Waals surface area contributed by atoms with Crippen LogP contribution in [-0.4, -0.2) is 35.8 Å². The lowest BCUT2D eigenvalue weighted by atomic mass is 10.00. The van der Waals surface area contributed by atoms with Gasteiger partial charge in [0.05, 0.1) is 0 Å². The van der Waals surface area contributed by atoms with E-state index in [2.05, 4.69) is 23.1 Å². The van der Waals surface area contributed by atoms with Crippen LogP contribution in [0, 0.1) is 12.7 Å². The van der Waals surface area contributed by atoms with Gasteiger partial charge in [0.25, 0.3) is 0 Å². The fraction of sp³-hybridized carbons (Fsp3) is 0.368. The molecule has 0 bridgehead atoms. The van der Waals surface area contributed by atoms with E-state index in [-0.39, 0.29) is 12.4 Å². The van der Waals surface area contributed by atoms with E-state index in [0.717, 1.165) is 19.5 Å². The fourth-order valence-corrected chi connectivity index (χ4v) is 2.92. The number of β-amino-alcohol motifs (C(OH)–C–C–N with tert-alkyl or cyclic N) is 1. The van der Waals surface area contributed by atoms with Gasteiger partial charge in [-0.3, -0.25) is 4.90 Å². The highest BCUT2D eigenvalue weighted by molar-refractivity contribution is 5.29. The first-order valence-electron chi connectivity index (χ1n) is 7.98. The van der Waals surface area contributed by atoms with Crippen LogP contribution in [0.1, 0.15) is 16.7 Å². The van der Waals surface area contributed by atoms with Crippen molar-refractivity contribution in [2.75, 3.05) is 19.7 Å². The van der Waals surface area contributed by atoms with Gasteiger partial charge in [0.1, 0.15) is 24.3 Å². The summed E-state index contributed by atoms with van der Waals surface area (Å²) >= 11 is 0. The number of halogens is 1. The van der Waals surface area contributed by atoms with E-state index in [1.165, 1.54) is 17.2 Å². The van der Waals surface area contributed by atoms with Crippen LogP contribution in [0.2, 0.25) is 0 Å². The minimum Gasteiger partial charge on any atom is -0.491 e. The maximum atomic E-state index is 13.5. The predicted molar refractivity (Wildman–Crippen MR) is 88.1 cm³/mol. The Morgan fingerprint density at radius 3 is 2.78 bits per heavy atom. The van der Waals surface area contributed by atoms with E-state index in [9.17, 15) is 9.50 Å². The van der Waals surface area contributed by atoms with Crippen LogP contribution >= 0.6 is 0 Å². The number of aliphatic hydroxyl groups excluding tert-OH is 1. The lowest BCUT2D eigenvalue weighted by Gasteiger charge is -2.30. The van der Waals surface area contributed by atoms with Gasteiger partial charge in [0.2, 0.25) is 0 Å². The summed E-state index contributed by atoms with van der Waals surface area (Å²) in [6.45, 7) is 4.23. The van der Waals surface area contributed by atoms with Crippen LogP contribution in [0.15, 0.2) is 42.5 Å². The maximum absolute atomic E-state index is 13.5. The highest BCUT2D eigenvalue weighted by Gasteiger charge is 2.18. The zero-order valence-corrected chi connectivity index (χ0v) is 13.3. The molecule has 1 heterocycles. The molecule has 0 radical (unpaired) electrons. The lowest BCUT2D eigenvalue weighted by Crippen LogP contribution is -2.38. The monoisotopic (exact) mass is 315 g/mol. The van der Waals surface area contributed by atoms with Crippen molar-refractivity contribution in [1.29, 1.82) is 0 Å². The average molecular weight is 315 g/mol. The Hall–Kier alpha value is -1.91. The maximum Gasteiger partial charge on any atom is 0.129 e. The summed E-state index contributed by atoms with van der Waals surface area (Å²) in [4.78, 5) is 2.23. The molecule has 1 aliphatic rings. The van der Waals surface area contributed by atoms with Crippen molar-refractivity contribution in [1.82, 2.24) is 4.90 Å².